The van der Waals surface area contributed by atoms with Crippen molar-refractivity contribution < 1.29 is 4.52 Å². The first-order chi connectivity index (χ1) is 8.33. The van der Waals surface area contributed by atoms with Crippen molar-refractivity contribution in [3.05, 3.63) is 35.2 Å². The van der Waals surface area contributed by atoms with Gasteiger partial charge in [0.1, 0.15) is 5.69 Å². The van der Waals surface area contributed by atoms with Crippen LogP contribution in [0.1, 0.15) is 0 Å². The summed E-state index contributed by atoms with van der Waals surface area (Å²) in [6.07, 6.45) is 0. The van der Waals surface area contributed by atoms with Crippen LogP contribution >= 0.6 is 11.3 Å². The average molecular weight is 244 g/mol. The predicted octanol–water partition coefficient (Wildman–Crippen LogP) is 2.44. The van der Waals surface area contributed by atoms with Gasteiger partial charge in [0.2, 0.25) is 5.82 Å². The van der Waals surface area contributed by atoms with Gasteiger partial charge in [-0.3, -0.25) is 0 Å². The Morgan fingerprint density at radius 2 is 2.00 bits per heavy atom. The zero-order valence-electron chi connectivity index (χ0n) is 8.70. The quantitative estimate of drug-likeness (QED) is 0.700. The van der Waals surface area contributed by atoms with Gasteiger partial charge in [-0.25, -0.2) is 4.98 Å². The summed E-state index contributed by atoms with van der Waals surface area (Å²) in [5.74, 6) is 0.964. The predicted molar refractivity (Wildman–Crippen MR) is 65.3 cm³/mol. The van der Waals surface area contributed by atoms with E-state index in [2.05, 4.69) is 15.1 Å². The van der Waals surface area contributed by atoms with Gasteiger partial charge >= 0.3 is 0 Å². The monoisotopic (exact) mass is 244 g/mol. The maximum Gasteiger partial charge on any atom is 0.258 e. The van der Waals surface area contributed by atoms with Gasteiger partial charge in [-0.15, -0.1) is 11.3 Å². The molecule has 1 aromatic carbocycles. The van der Waals surface area contributed by atoms with Gasteiger partial charge in [0.25, 0.3) is 5.89 Å². The van der Waals surface area contributed by atoms with E-state index in [1.807, 2.05) is 17.5 Å². The van der Waals surface area contributed by atoms with Crippen LogP contribution < -0.4 is 5.73 Å². The largest absolute Gasteiger partial charge is 0.399 e. The molecule has 0 saturated heterocycles. The van der Waals surface area contributed by atoms with Crippen LogP contribution in [0.25, 0.3) is 23.0 Å². The summed E-state index contributed by atoms with van der Waals surface area (Å²) in [4.78, 5) is 8.40. The van der Waals surface area contributed by atoms with E-state index in [0.29, 0.717) is 17.4 Å². The van der Waals surface area contributed by atoms with Crippen molar-refractivity contribution in [2.45, 2.75) is 0 Å². The molecule has 2 N–H and O–H groups in total. The first-order valence-electron chi connectivity index (χ1n) is 4.91. The fourth-order valence-corrected chi connectivity index (χ4v) is 1.92. The molecule has 0 unspecified atom stereocenters. The van der Waals surface area contributed by atoms with Crippen LogP contribution in [0.15, 0.2) is 39.7 Å². The molecular weight excluding hydrogens is 236 g/mol. The van der Waals surface area contributed by atoms with Gasteiger partial charge in [-0.05, 0) is 24.3 Å². The molecule has 2 aromatic heterocycles. The van der Waals surface area contributed by atoms with Crippen molar-refractivity contribution in [3.8, 4) is 23.0 Å². The van der Waals surface area contributed by atoms with Crippen molar-refractivity contribution >= 4 is 17.0 Å². The molecule has 0 aliphatic carbocycles. The fourth-order valence-electron chi connectivity index (χ4n) is 1.39. The Bertz CT molecular complexity index is 615. The summed E-state index contributed by atoms with van der Waals surface area (Å²) in [5, 5.41) is 5.76. The lowest BCUT2D eigenvalue weighted by molar-refractivity contribution is 0.432. The van der Waals surface area contributed by atoms with E-state index in [9.17, 15) is 0 Å². The van der Waals surface area contributed by atoms with Crippen LogP contribution in [0.5, 0.6) is 0 Å². The Balaban J connectivity index is 1.98. The number of benzene rings is 1. The Morgan fingerprint density at radius 1 is 1.18 bits per heavy atom. The zero-order chi connectivity index (χ0) is 11.7. The molecule has 0 fully saturated rings. The molecule has 2 heterocycles. The molecule has 0 atom stereocenters. The number of anilines is 1. The van der Waals surface area contributed by atoms with E-state index in [-0.39, 0.29) is 0 Å². The fraction of sp³-hybridized carbons (Fsp3) is 0. The molecule has 3 rings (SSSR count). The van der Waals surface area contributed by atoms with Crippen LogP contribution in [0, 0.1) is 0 Å². The van der Waals surface area contributed by atoms with Gasteiger partial charge in [0.05, 0.1) is 5.51 Å². The van der Waals surface area contributed by atoms with Gasteiger partial charge in [-0.2, -0.15) is 4.98 Å². The number of nitrogen functional groups attached to an aromatic ring is 1. The lowest BCUT2D eigenvalue weighted by atomic mass is 10.2. The summed E-state index contributed by atoms with van der Waals surface area (Å²) in [5.41, 5.74) is 9.61. The minimum Gasteiger partial charge on any atom is -0.399 e. The third-order valence-corrected chi connectivity index (χ3v) is 2.83. The molecule has 84 valence electrons. The molecule has 3 aromatic rings. The SMILES string of the molecule is Nc1ccc(-c2nc(-c3cscn3)no2)cc1. The second-order valence-electron chi connectivity index (χ2n) is 3.42. The Kier molecular flexibility index (Phi) is 2.34. The third kappa shape index (κ3) is 1.90. The van der Waals surface area contributed by atoms with Crippen molar-refractivity contribution in [1.82, 2.24) is 15.1 Å². The molecule has 0 amide bonds. The highest BCUT2D eigenvalue weighted by atomic mass is 32.1. The zero-order valence-corrected chi connectivity index (χ0v) is 9.52. The highest BCUT2D eigenvalue weighted by Gasteiger charge is 2.11. The summed E-state index contributed by atoms with van der Waals surface area (Å²) in [6, 6.07) is 7.27. The molecule has 0 spiro atoms. The highest BCUT2D eigenvalue weighted by Crippen LogP contribution is 2.22. The Morgan fingerprint density at radius 3 is 2.71 bits per heavy atom. The second kappa shape index (κ2) is 3.99. The van der Waals surface area contributed by atoms with Crippen LogP contribution in [-0.2, 0) is 0 Å². The van der Waals surface area contributed by atoms with Gasteiger partial charge in [0, 0.05) is 16.6 Å². The molecule has 5 nitrogen and oxygen atoms in total. The van der Waals surface area contributed by atoms with Crippen molar-refractivity contribution in [1.29, 1.82) is 0 Å². The second-order valence-corrected chi connectivity index (χ2v) is 4.14. The third-order valence-electron chi connectivity index (χ3n) is 2.25. The molecule has 0 aliphatic rings. The highest BCUT2D eigenvalue weighted by molar-refractivity contribution is 7.07. The van der Waals surface area contributed by atoms with E-state index in [4.69, 9.17) is 10.3 Å². The summed E-state index contributed by atoms with van der Waals surface area (Å²) in [7, 11) is 0. The van der Waals surface area contributed by atoms with E-state index < -0.39 is 0 Å². The first kappa shape index (κ1) is 9.98. The summed E-state index contributed by atoms with van der Waals surface area (Å²) >= 11 is 1.49. The minimum absolute atomic E-state index is 0.466. The van der Waals surface area contributed by atoms with Gasteiger partial charge in [-0.1, -0.05) is 5.16 Å². The number of rotatable bonds is 2. The standard InChI is InChI=1S/C11H8N4OS/c12-8-3-1-7(2-4-8)11-14-10(15-16-11)9-5-17-6-13-9/h1-6H,12H2. The number of thiazole rings is 1. The smallest absolute Gasteiger partial charge is 0.258 e. The van der Waals surface area contributed by atoms with E-state index in [1.165, 1.54) is 11.3 Å². The maximum absolute atomic E-state index is 5.61. The van der Waals surface area contributed by atoms with Gasteiger partial charge in [0.15, 0.2) is 0 Å². The number of hydrogen-bond acceptors (Lipinski definition) is 6. The summed E-state index contributed by atoms with van der Waals surface area (Å²) < 4.78 is 5.18. The van der Waals surface area contributed by atoms with E-state index in [1.54, 1.807) is 17.6 Å². The molecule has 0 saturated carbocycles. The van der Waals surface area contributed by atoms with Gasteiger partial charge < -0.3 is 10.3 Å². The minimum atomic E-state index is 0.466. The maximum atomic E-state index is 5.61. The number of hydrogen-bond donors (Lipinski definition) is 1. The van der Waals surface area contributed by atoms with Crippen LogP contribution in [-0.4, -0.2) is 15.1 Å². The Hall–Kier alpha value is -2.21. The molecule has 0 aliphatic heterocycles. The van der Waals surface area contributed by atoms with E-state index >= 15 is 0 Å². The Labute approximate surface area is 101 Å². The average Bonchev–Trinajstić information content (AvgIpc) is 3.00. The van der Waals surface area contributed by atoms with Crippen LogP contribution in [0.2, 0.25) is 0 Å². The summed E-state index contributed by atoms with van der Waals surface area (Å²) in [6.45, 7) is 0. The normalized spacial score (nSPS) is 10.6. The molecular formula is C11H8N4OS. The van der Waals surface area contributed by atoms with Crippen LogP contribution in [0.3, 0.4) is 0 Å². The lowest BCUT2D eigenvalue weighted by Gasteiger charge is -1.94. The van der Waals surface area contributed by atoms with Crippen molar-refractivity contribution in [2.75, 3.05) is 5.73 Å². The number of aromatic nitrogens is 3. The van der Waals surface area contributed by atoms with Crippen LogP contribution in [0.4, 0.5) is 5.69 Å². The van der Waals surface area contributed by atoms with Crippen molar-refractivity contribution in [3.63, 3.8) is 0 Å². The van der Waals surface area contributed by atoms with Crippen molar-refractivity contribution in [2.24, 2.45) is 0 Å². The molecule has 0 bridgehead atoms. The molecule has 0 radical (unpaired) electrons. The first-order valence-corrected chi connectivity index (χ1v) is 5.85. The number of nitrogens with two attached hydrogens (primary N) is 1. The molecule has 6 heteroatoms. The lowest BCUT2D eigenvalue weighted by Crippen LogP contribution is -1.84. The van der Waals surface area contributed by atoms with E-state index in [0.717, 1.165) is 11.3 Å². The molecule has 17 heavy (non-hydrogen) atoms. The topological polar surface area (TPSA) is 77.8 Å². The number of nitrogens with zero attached hydrogens (tertiary/aromatic N) is 3.